The number of amides is 1. The molecule has 1 atom stereocenters. The molecule has 6 N–H and O–H groups in total. The molecule has 3 aromatic rings. The van der Waals surface area contributed by atoms with Crippen molar-refractivity contribution < 1.29 is 24.2 Å². The highest BCUT2D eigenvalue weighted by Gasteiger charge is 2.21. The molecule has 9 nitrogen and oxygen atoms in total. The summed E-state index contributed by atoms with van der Waals surface area (Å²) in [6.45, 7) is -0.0756. The SMILES string of the molecule is N=C(N)c1ccc(NCC(=O)Oc2ccc(C[C@H](NC(=O)c3ccccc3)C(=O)O)cc2)cc1. The number of nitrogen functional groups attached to an aromatic ring is 1. The third-order valence-electron chi connectivity index (χ3n) is 4.87. The van der Waals surface area contributed by atoms with Gasteiger partial charge in [-0.3, -0.25) is 10.2 Å². The number of esters is 1. The number of benzene rings is 3. The van der Waals surface area contributed by atoms with Crippen molar-refractivity contribution in [1.29, 1.82) is 5.41 Å². The minimum absolute atomic E-state index is 0.0392. The molecule has 0 aromatic heterocycles. The lowest BCUT2D eigenvalue weighted by Gasteiger charge is -2.15. The quantitative estimate of drug-likeness (QED) is 0.135. The fraction of sp³-hybridized carbons (Fsp3) is 0.120. The summed E-state index contributed by atoms with van der Waals surface area (Å²) in [5.41, 5.74) is 7.70. The predicted octanol–water partition coefficient (Wildman–Crippen LogP) is 2.41. The third kappa shape index (κ3) is 6.92. The van der Waals surface area contributed by atoms with Gasteiger partial charge < -0.3 is 26.2 Å². The molecule has 0 radical (unpaired) electrons. The van der Waals surface area contributed by atoms with E-state index in [2.05, 4.69) is 10.6 Å². The molecule has 3 aromatic carbocycles. The summed E-state index contributed by atoms with van der Waals surface area (Å²) in [6.07, 6.45) is 0.0694. The zero-order valence-corrected chi connectivity index (χ0v) is 18.2. The van der Waals surface area contributed by atoms with Crippen LogP contribution in [-0.4, -0.2) is 41.4 Å². The van der Waals surface area contributed by atoms with Crippen LogP contribution in [0, 0.1) is 5.41 Å². The molecule has 1 amide bonds. The summed E-state index contributed by atoms with van der Waals surface area (Å²) < 4.78 is 5.29. The van der Waals surface area contributed by atoms with E-state index in [1.807, 2.05) is 0 Å². The molecular weight excluding hydrogens is 436 g/mol. The highest BCUT2D eigenvalue weighted by atomic mass is 16.5. The topological polar surface area (TPSA) is 155 Å². The summed E-state index contributed by atoms with van der Waals surface area (Å²) in [5.74, 6) is -1.86. The number of carboxylic acid groups (broad SMARTS) is 1. The van der Waals surface area contributed by atoms with Crippen LogP contribution in [0.15, 0.2) is 78.9 Å². The number of nitrogens with two attached hydrogens (primary N) is 1. The summed E-state index contributed by atoms with van der Waals surface area (Å²) in [6, 6.07) is 20.4. The molecular formula is C25H24N4O5. The van der Waals surface area contributed by atoms with Gasteiger partial charge in [0.15, 0.2) is 0 Å². The molecule has 0 unspecified atom stereocenters. The summed E-state index contributed by atoms with van der Waals surface area (Å²) in [4.78, 5) is 36.0. The Balaban J connectivity index is 1.51. The maximum absolute atomic E-state index is 12.3. The van der Waals surface area contributed by atoms with Crippen molar-refractivity contribution >= 4 is 29.4 Å². The number of aliphatic carboxylic acids is 1. The number of rotatable bonds is 10. The maximum Gasteiger partial charge on any atom is 0.330 e. The molecule has 174 valence electrons. The Labute approximate surface area is 196 Å². The first kappa shape index (κ1) is 24.0. The molecule has 0 bridgehead atoms. The summed E-state index contributed by atoms with van der Waals surface area (Å²) in [7, 11) is 0. The van der Waals surface area contributed by atoms with Crippen molar-refractivity contribution in [2.24, 2.45) is 5.73 Å². The van der Waals surface area contributed by atoms with Crippen molar-refractivity contribution in [1.82, 2.24) is 5.32 Å². The van der Waals surface area contributed by atoms with E-state index >= 15 is 0 Å². The Hall–Kier alpha value is -4.66. The van der Waals surface area contributed by atoms with Crippen LogP contribution in [0.1, 0.15) is 21.5 Å². The van der Waals surface area contributed by atoms with E-state index in [0.717, 1.165) is 0 Å². The van der Waals surface area contributed by atoms with Gasteiger partial charge in [-0.2, -0.15) is 0 Å². The van der Waals surface area contributed by atoms with Crippen molar-refractivity contribution in [2.75, 3.05) is 11.9 Å². The fourth-order valence-electron chi connectivity index (χ4n) is 3.07. The molecule has 34 heavy (non-hydrogen) atoms. The van der Waals surface area contributed by atoms with Gasteiger partial charge in [0.05, 0.1) is 0 Å². The summed E-state index contributed by atoms with van der Waals surface area (Å²) in [5, 5.41) is 22.3. The second-order valence-electron chi connectivity index (χ2n) is 7.40. The molecule has 0 saturated carbocycles. The number of carbonyl (C=O) groups is 3. The normalized spacial score (nSPS) is 11.2. The lowest BCUT2D eigenvalue weighted by molar-refractivity contribution is -0.139. The molecule has 0 aliphatic heterocycles. The van der Waals surface area contributed by atoms with E-state index in [4.69, 9.17) is 15.9 Å². The monoisotopic (exact) mass is 460 g/mol. The Morgan fingerprint density at radius 1 is 0.912 bits per heavy atom. The van der Waals surface area contributed by atoms with Crippen LogP contribution in [0.25, 0.3) is 0 Å². The molecule has 3 rings (SSSR count). The van der Waals surface area contributed by atoms with Gasteiger partial charge in [-0.05, 0) is 54.1 Å². The number of carbonyl (C=O) groups excluding carboxylic acids is 2. The Bertz CT molecular complexity index is 1160. The van der Waals surface area contributed by atoms with Crippen molar-refractivity contribution in [3.8, 4) is 5.75 Å². The van der Waals surface area contributed by atoms with Gasteiger partial charge >= 0.3 is 11.9 Å². The van der Waals surface area contributed by atoms with Crippen LogP contribution in [0.4, 0.5) is 5.69 Å². The van der Waals surface area contributed by atoms with Crippen molar-refractivity contribution in [3.63, 3.8) is 0 Å². The first-order valence-corrected chi connectivity index (χ1v) is 10.4. The highest BCUT2D eigenvalue weighted by molar-refractivity contribution is 5.96. The second kappa shape index (κ2) is 11.3. The number of anilines is 1. The minimum Gasteiger partial charge on any atom is -0.480 e. The summed E-state index contributed by atoms with van der Waals surface area (Å²) >= 11 is 0. The van der Waals surface area contributed by atoms with Gasteiger partial charge in [0, 0.05) is 23.2 Å². The second-order valence-corrected chi connectivity index (χ2v) is 7.40. The molecule has 0 aliphatic carbocycles. The van der Waals surface area contributed by atoms with Crippen LogP contribution < -0.4 is 21.1 Å². The zero-order valence-electron chi connectivity index (χ0n) is 18.2. The number of ether oxygens (including phenoxy) is 1. The Kier molecular flexibility index (Phi) is 7.96. The Morgan fingerprint density at radius 2 is 1.56 bits per heavy atom. The first-order chi connectivity index (χ1) is 16.3. The maximum atomic E-state index is 12.3. The zero-order chi connectivity index (χ0) is 24.5. The van der Waals surface area contributed by atoms with E-state index in [0.29, 0.717) is 28.1 Å². The van der Waals surface area contributed by atoms with Crippen LogP contribution in [0.2, 0.25) is 0 Å². The first-order valence-electron chi connectivity index (χ1n) is 10.4. The van der Waals surface area contributed by atoms with E-state index in [1.165, 1.54) is 0 Å². The smallest absolute Gasteiger partial charge is 0.330 e. The van der Waals surface area contributed by atoms with Gasteiger partial charge in [-0.25, -0.2) is 9.59 Å². The third-order valence-corrected chi connectivity index (χ3v) is 4.87. The van der Waals surface area contributed by atoms with Crippen LogP contribution >= 0.6 is 0 Å². The van der Waals surface area contributed by atoms with Gasteiger partial charge in [-0.1, -0.05) is 30.3 Å². The van der Waals surface area contributed by atoms with Gasteiger partial charge in [0.1, 0.15) is 24.2 Å². The van der Waals surface area contributed by atoms with Gasteiger partial charge in [-0.15, -0.1) is 0 Å². The van der Waals surface area contributed by atoms with Crippen LogP contribution in [0.5, 0.6) is 5.75 Å². The number of hydrogen-bond acceptors (Lipinski definition) is 6. The molecule has 0 aliphatic rings. The molecule has 9 heteroatoms. The molecule has 0 saturated heterocycles. The largest absolute Gasteiger partial charge is 0.480 e. The number of amidine groups is 1. The molecule has 0 spiro atoms. The van der Waals surface area contributed by atoms with Crippen molar-refractivity contribution in [2.45, 2.75) is 12.5 Å². The average molecular weight is 460 g/mol. The van der Waals surface area contributed by atoms with Crippen molar-refractivity contribution in [3.05, 3.63) is 95.6 Å². The lowest BCUT2D eigenvalue weighted by Crippen LogP contribution is -2.42. The minimum atomic E-state index is -1.15. The molecule has 0 fully saturated rings. The number of nitrogens with one attached hydrogen (secondary N) is 3. The highest BCUT2D eigenvalue weighted by Crippen LogP contribution is 2.15. The average Bonchev–Trinajstić information content (AvgIpc) is 2.84. The van der Waals surface area contributed by atoms with Gasteiger partial charge in [0.2, 0.25) is 0 Å². The standard InChI is InChI=1S/C25H24N4O5/c26-23(27)17-8-10-19(11-9-17)28-15-22(30)34-20-12-6-16(7-13-20)14-21(25(32)33)29-24(31)18-4-2-1-3-5-18/h1-13,21,28H,14-15H2,(H3,26,27)(H,29,31)(H,32,33)/t21-/m0/s1. The van der Waals surface area contributed by atoms with E-state index in [9.17, 15) is 19.5 Å². The van der Waals surface area contributed by atoms with Gasteiger partial charge in [0.25, 0.3) is 5.91 Å². The van der Waals surface area contributed by atoms with Crippen LogP contribution in [0.3, 0.4) is 0 Å². The lowest BCUT2D eigenvalue weighted by atomic mass is 10.1. The number of carboxylic acids is 1. The Morgan fingerprint density at radius 3 is 2.15 bits per heavy atom. The molecule has 0 heterocycles. The number of hydrogen-bond donors (Lipinski definition) is 5. The predicted molar refractivity (Wildman–Crippen MR) is 127 cm³/mol. The van der Waals surface area contributed by atoms with E-state index in [-0.39, 0.29) is 18.8 Å². The van der Waals surface area contributed by atoms with Crippen LogP contribution in [-0.2, 0) is 16.0 Å². The van der Waals surface area contributed by atoms with E-state index < -0.39 is 23.9 Å². The fourth-order valence-corrected chi connectivity index (χ4v) is 3.07. The van der Waals surface area contributed by atoms with E-state index in [1.54, 1.807) is 78.9 Å².